The summed E-state index contributed by atoms with van der Waals surface area (Å²) in [5.74, 6) is 0. The molecule has 1 rings (SSSR count). The van der Waals surface area contributed by atoms with E-state index in [2.05, 4.69) is 0 Å². The molecular weight excluding hydrogens is 139 g/mol. The molecule has 62 valence electrons. The summed E-state index contributed by atoms with van der Waals surface area (Å²) in [6.07, 6.45) is 5.28. The van der Waals surface area contributed by atoms with Gasteiger partial charge in [-0.25, -0.2) is 4.39 Å². The number of alkyl halides is 1. The Hall–Kier alpha value is -0.590. The Labute approximate surface area is 67.8 Å². The molecule has 0 bridgehead atoms. The van der Waals surface area contributed by atoms with Gasteiger partial charge in [-0.2, -0.15) is 0 Å². The normalized spacial score (nSPS) is 31.3. The molecule has 1 aliphatic rings. The van der Waals surface area contributed by atoms with E-state index in [1.807, 2.05) is 26.0 Å². The predicted octanol–water partition coefficient (Wildman–Crippen LogP) is 3.40. The molecule has 1 unspecified atom stereocenters. The summed E-state index contributed by atoms with van der Waals surface area (Å²) in [6.45, 7) is 5.65. The number of hydrogen-bond acceptors (Lipinski definition) is 0. The van der Waals surface area contributed by atoms with Gasteiger partial charge in [0.15, 0.2) is 0 Å². The summed E-state index contributed by atoms with van der Waals surface area (Å²) in [4.78, 5) is 0. The van der Waals surface area contributed by atoms with Crippen molar-refractivity contribution < 1.29 is 4.39 Å². The molecule has 1 aliphatic carbocycles. The molecule has 0 spiro atoms. The van der Waals surface area contributed by atoms with Crippen molar-refractivity contribution in [3.8, 4) is 0 Å². The lowest BCUT2D eigenvalue weighted by molar-refractivity contribution is 0.234. The van der Waals surface area contributed by atoms with Crippen LogP contribution in [0.15, 0.2) is 23.3 Å². The monoisotopic (exact) mass is 154 g/mol. The van der Waals surface area contributed by atoms with Crippen molar-refractivity contribution in [3.63, 3.8) is 0 Å². The van der Waals surface area contributed by atoms with Gasteiger partial charge >= 0.3 is 0 Å². The van der Waals surface area contributed by atoms with Gasteiger partial charge in [0.05, 0.1) is 0 Å². The summed E-state index contributed by atoms with van der Waals surface area (Å²) in [5, 5.41) is 0. The van der Waals surface area contributed by atoms with Crippen molar-refractivity contribution in [1.29, 1.82) is 0 Å². The average molecular weight is 154 g/mol. The minimum atomic E-state index is -1.09. The van der Waals surface area contributed by atoms with Crippen LogP contribution in [-0.4, -0.2) is 5.67 Å². The van der Waals surface area contributed by atoms with Crippen LogP contribution < -0.4 is 0 Å². The summed E-state index contributed by atoms with van der Waals surface area (Å²) in [6, 6.07) is 0. The van der Waals surface area contributed by atoms with Gasteiger partial charge < -0.3 is 0 Å². The van der Waals surface area contributed by atoms with Gasteiger partial charge in [0.1, 0.15) is 5.67 Å². The zero-order chi connectivity index (χ0) is 8.48. The highest BCUT2D eigenvalue weighted by molar-refractivity contribution is 5.34. The molecule has 0 fully saturated rings. The molecule has 0 N–H and O–H groups in total. The molecule has 1 heteroatoms. The van der Waals surface area contributed by atoms with E-state index in [4.69, 9.17) is 0 Å². The quantitative estimate of drug-likeness (QED) is 0.543. The number of allylic oxidation sites excluding steroid dienone is 4. The maximum Gasteiger partial charge on any atom is 0.133 e. The van der Waals surface area contributed by atoms with E-state index in [0.29, 0.717) is 6.42 Å². The zero-order valence-electron chi connectivity index (χ0n) is 7.45. The fourth-order valence-corrected chi connectivity index (χ4v) is 1.74. The Balaban J connectivity index is 3.00. The van der Waals surface area contributed by atoms with Gasteiger partial charge in [0.25, 0.3) is 0 Å². The lowest BCUT2D eigenvalue weighted by Crippen LogP contribution is -2.23. The maximum atomic E-state index is 13.7. The predicted molar refractivity (Wildman–Crippen MR) is 46.3 cm³/mol. The van der Waals surface area contributed by atoms with Crippen LogP contribution in [0.1, 0.15) is 33.6 Å². The van der Waals surface area contributed by atoms with Gasteiger partial charge in [-0.15, -0.1) is 0 Å². The van der Waals surface area contributed by atoms with Gasteiger partial charge in [0.2, 0.25) is 0 Å². The standard InChI is InChI=1S/C10H15F/c1-4-9-8(2)6-5-7-10(9,3)11/h5-6H,4,7H2,1-3H3. The van der Waals surface area contributed by atoms with Crippen LogP contribution in [0.2, 0.25) is 0 Å². The van der Waals surface area contributed by atoms with Crippen LogP contribution in [-0.2, 0) is 0 Å². The Kier molecular flexibility index (Phi) is 2.17. The lowest BCUT2D eigenvalue weighted by Gasteiger charge is -2.26. The summed E-state index contributed by atoms with van der Waals surface area (Å²) in [5.41, 5.74) is 0.969. The fraction of sp³-hybridized carbons (Fsp3) is 0.600. The van der Waals surface area contributed by atoms with Crippen molar-refractivity contribution in [1.82, 2.24) is 0 Å². The summed E-state index contributed by atoms with van der Waals surface area (Å²) >= 11 is 0. The SMILES string of the molecule is CCC1=C(C)C=CCC1(C)F. The van der Waals surface area contributed by atoms with Crippen LogP contribution in [0, 0.1) is 0 Å². The first kappa shape index (κ1) is 8.51. The molecule has 0 aromatic carbocycles. The number of rotatable bonds is 1. The molecule has 0 heterocycles. The van der Waals surface area contributed by atoms with E-state index in [1.54, 1.807) is 6.92 Å². The molecule has 0 aliphatic heterocycles. The lowest BCUT2D eigenvalue weighted by atomic mass is 9.85. The minimum absolute atomic E-state index is 0.535. The van der Waals surface area contributed by atoms with Crippen LogP contribution in [0.5, 0.6) is 0 Å². The summed E-state index contributed by atoms with van der Waals surface area (Å²) in [7, 11) is 0. The van der Waals surface area contributed by atoms with Crippen molar-refractivity contribution >= 4 is 0 Å². The first-order valence-electron chi connectivity index (χ1n) is 4.13. The van der Waals surface area contributed by atoms with Gasteiger partial charge in [-0.3, -0.25) is 0 Å². The smallest absolute Gasteiger partial charge is 0.133 e. The van der Waals surface area contributed by atoms with E-state index in [9.17, 15) is 4.39 Å². The zero-order valence-corrected chi connectivity index (χ0v) is 7.45. The fourth-order valence-electron chi connectivity index (χ4n) is 1.74. The van der Waals surface area contributed by atoms with Crippen LogP contribution in [0.4, 0.5) is 4.39 Å². The van der Waals surface area contributed by atoms with Crippen molar-refractivity contribution in [2.45, 2.75) is 39.3 Å². The van der Waals surface area contributed by atoms with E-state index in [-0.39, 0.29) is 0 Å². The second-order valence-electron chi connectivity index (χ2n) is 3.32. The first-order chi connectivity index (χ1) is 5.08. The van der Waals surface area contributed by atoms with Crippen molar-refractivity contribution in [2.75, 3.05) is 0 Å². The Morgan fingerprint density at radius 2 is 2.27 bits per heavy atom. The highest BCUT2D eigenvalue weighted by Crippen LogP contribution is 2.34. The van der Waals surface area contributed by atoms with Crippen LogP contribution >= 0.6 is 0 Å². The number of hydrogen-bond donors (Lipinski definition) is 0. The molecule has 0 nitrogen and oxygen atoms in total. The second kappa shape index (κ2) is 2.80. The largest absolute Gasteiger partial charge is 0.239 e. The molecule has 0 saturated heterocycles. The topological polar surface area (TPSA) is 0 Å². The van der Waals surface area contributed by atoms with Crippen molar-refractivity contribution in [3.05, 3.63) is 23.3 Å². The second-order valence-corrected chi connectivity index (χ2v) is 3.32. The first-order valence-corrected chi connectivity index (χ1v) is 4.13. The Bertz CT molecular complexity index is 209. The van der Waals surface area contributed by atoms with E-state index in [1.165, 1.54) is 0 Å². The maximum absolute atomic E-state index is 13.7. The minimum Gasteiger partial charge on any atom is -0.239 e. The molecule has 0 radical (unpaired) electrons. The Morgan fingerprint density at radius 3 is 2.64 bits per heavy atom. The number of halogens is 1. The van der Waals surface area contributed by atoms with E-state index < -0.39 is 5.67 Å². The molecule has 11 heavy (non-hydrogen) atoms. The highest BCUT2D eigenvalue weighted by atomic mass is 19.1. The summed E-state index contributed by atoms with van der Waals surface area (Å²) < 4.78 is 13.7. The third kappa shape index (κ3) is 1.52. The van der Waals surface area contributed by atoms with Crippen LogP contribution in [0.3, 0.4) is 0 Å². The highest BCUT2D eigenvalue weighted by Gasteiger charge is 2.28. The molecular formula is C10H15F. The third-order valence-electron chi connectivity index (χ3n) is 2.33. The molecule has 0 aromatic rings. The van der Waals surface area contributed by atoms with Gasteiger partial charge in [0, 0.05) is 6.42 Å². The molecule has 0 saturated carbocycles. The Morgan fingerprint density at radius 1 is 1.64 bits per heavy atom. The van der Waals surface area contributed by atoms with Crippen LogP contribution in [0.25, 0.3) is 0 Å². The molecule has 0 amide bonds. The average Bonchev–Trinajstić information content (AvgIpc) is 1.86. The third-order valence-corrected chi connectivity index (χ3v) is 2.33. The van der Waals surface area contributed by atoms with Crippen molar-refractivity contribution in [2.24, 2.45) is 0 Å². The van der Waals surface area contributed by atoms with E-state index in [0.717, 1.165) is 17.6 Å². The molecule has 1 atom stereocenters. The van der Waals surface area contributed by atoms with E-state index >= 15 is 0 Å². The van der Waals surface area contributed by atoms with Gasteiger partial charge in [-0.1, -0.05) is 19.1 Å². The molecule has 0 aromatic heterocycles. The van der Waals surface area contributed by atoms with Gasteiger partial charge in [-0.05, 0) is 31.4 Å².